The standard InChI is InChI=1S/C14H35NO2Si2/c1-10-12-19(9,16-11-2)17-14(6,15)18(7,8)13(3,4)5/h10-12,15H2,1-9H3. The van der Waals surface area contributed by atoms with Crippen molar-refractivity contribution in [3.05, 3.63) is 0 Å². The van der Waals surface area contributed by atoms with Gasteiger partial charge in [0.05, 0.1) is 5.35 Å². The van der Waals surface area contributed by atoms with Crippen molar-refractivity contribution in [2.45, 2.75) is 84.0 Å². The van der Waals surface area contributed by atoms with Crippen molar-refractivity contribution in [1.29, 1.82) is 0 Å². The molecule has 0 rings (SSSR count). The lowest BCUT2D eigenvalue weighted by atomic mass is 10.2. The van der Waals surface area contributed by atoms with Crippen LogP contribution in [0.4, 0.5) is 0 Å². The minimum atomic E-state index is -2.16. The van der Waals surface area contributed by atoms with Crippen LogP contribution in [-0.2, 0) is 8.85 Å². The molecule has 0 amide bonds. The van der Waals surface area contributed by atoms with Gasteiger partial charge in [-0.1, -0.05) is 47.2 Å². The molecular formula is C14H35NO2Si2. The van der Waals surface area contributed by atoms with Crippen molar-refractivity contribution < 1.29 is 8.85 Å². The Balaban J connectivity index is 5.21. The summed E-state index contributed by atoms with van der Waals surface area (Å²) in [6.07, 6.45) is 1.08. The molecule has 5 heteroatoms. The van der Waals surface area contributed by atoms with Crippen molar-refractivity contribution >= 4 is 16.6 Å². The van der Waals surface area contributed by atoms with Crippen LogP contribution < -0.4 is 5.73 Å². The van der Waals surface area contributed by atoms with Crippen LogP contribution in [0.15, 0.2) is 0 Å². The third-order valence-corrected chi connectivity index (χ3v) is 14.4. The van der Waals surface area contributed by atoms with Gasteiger partial charge >= 0.3 is 8.56 Å². The molecule has 0 bridgehead atoms. The molecule has 0 saturated carbocycles. The average molecular weight is 306 g/mol. The van der Waals surface area contributed by atoms with E-state index >= 15 is 0 Å². The summed E-state index contributed by atoms with van der Waals surface area (Å²) >= 11 is 0. The van der Waals surface area contributed by atoms with E-state index in [0.29, 0.717) is 6.61 Å². The SMILES string of the molecule is CCC[Si](C)(OCC)OC(C)(N)[Si](C)(C)C(C)(C)C. The van der Waals surface area contributed by atoms with Gasteiger partial charge in [0, 0.05) is 6.61 Å². The van der Waals surface area contributed by atoms with E-state index in [1.54, 1.807) is 0 Å². The van der Waals surface area contributed by atoms with E-state index in [1.807, 2.05) is 6.92 Å². The lowest BCUT2D eigenvalue weighted by Crippen LogP contribution is -2.68. The summed E-state index contributed by atoms with van der Waals surface area (Å²) in [5.74, 6) is 0. The van der Waals surface area contributed by atoms with Crippen molar-refractivity contribution in [2.75, 3.05) is 6.61 Å². The number of hydrogen-bond acceptors (Lipinski definition) is 3. The van der Waals surface area contributed by atoms with Gasteiger partial charge in [-0.3, -0.25) is 0 Å². The van der Waals surface area contributed by atoms with Crippen LogP contribution in [0.2, 0.25) is 30.7 Å². The Morgan fingerprint density at radius 3 is 1.79 bits per heavy atom. The third-order valence-electron chi connectivity index (χ3n) is 4.70. The fourth-order valence-corrected chi connectivity index (χ4v) is 8.11. The monoisotopic (exact) mass is 305 g/mol. The predicted octanol–water partition coefficient (Wildman–Crippen LogP) is 4.24. The van der Waals surface area contributed by atoms with Gasteiger partial charge in [0.15, 0.2) is 0 Å². The third kappa shape index (κ3) is 4.67. The zero-order chi connectivity index (χ0) is 15.5. The second-order valence-electron chi connectivity index (χ2n) is 7.40. The molecule has 0 fully saturated rings. The second kappa shape index (κ2) is 6.39. The highest BCUT2D eigenvalue weighted by Gasteiger charge is 2.52. The smallest absolute Gasteiger partial charge is 0.336 e. The van der Waals surface area contributed by atoms with Gasteiger partial charge in [-0.25, -0.2) is 0 Å². The van der Waals surface area contributed by atoms with Crippen molar-refractivity contribution in [3.63, 3.8) is 0 Å². The Labute approximate surface area is 122 Å². The molecule has 0 aromatic rings. The summed E-state index contributed by atoms with van der Waals surface area (Å²) in [4.78, 5) is 0. The first-order chi connectivity index (χ1) is 8.33. The highest BCUT2D eigenvalue weighted by atomic mass is 28.4. The molecule has 0 heterocycles. The van der Waals surface area contributed by atoms with Crippen LogP contribution in [-0.4, -0.2) is 28.6 Å². The number of nitrogens with two attached hydrogens (primary N) is 1. The molecule has 0 saturated heterocycles. The molecule has 3 nitrogen and oxygen atoms in total. The van der Waals surface area contributed by atoms with E-state index in [0.717, 1.165) is 12.5 Å². The summed E-state index contributed by atoms with van der Waals surface area (Å²) in [7, 11) is -3.95. The lowest BCUT2D eigenvalue weighted by Gasteiger charge is -2.50. The second-order valence-corrected chi connectivity index (χ2v) is 16.4. The largest absolute Gasteiger partial charge is 0.395 e. The molecule has 0 spiro atoms. The van der Waals surface area contributed by atoms with E-state index in [-0.39, 0.29) is 5.04 Å². The normalized spacial score (nSPS) is 19.9. The highest BCUT2D eigenvalue weighted by molar-refractivity contribution is 6.83. The van der Waals surface area contributed by atoms with Crippen LogP contribution in [0, 0.1) is 0 Å². The van der Waals surface area contributed by atoms with Crippen molar-refractivity contribution in [2.24, 2.45) is 5.73 Å². The van der Waals surface area contributed by atoms with Crippen LogP contribution >= 0.6 is 0 Å². The number of rotatable bonds is 7. The first-order valence-electron chi connectivity index (χ1n) is 7.46. The minimum absolute atomic E-state index is 0.199. The average Bonchev–Trinajstić information content (AvgIpc) is 2.14. The molecular weight excluding hydrogens is 270 g/mol. The highest BCUT2D eigenvalue weighted by Crippen LogP contribution is 2.43. The maximum Gasteiger partial charge on any atom is 0.336 e. The fraction of sp³-hybridized carbons (Fsp3) is 1.00. The van der Waals surface area contributed by atoms with E-state index in [1.165, 1.54) is 0 Å². The van der Waals surface area contributed by atoms with Gasteiger partial charge in [-0.2, -0.15) is 0 Å². The van der Waals surface area contributed by atoms with E-state index in [4.69, 9.17) is 14.6 Å². The molecule has 2 unspecified atom stereocenters. The zero-order valence-corrected chi connectivity index (χ0v) is 16.5. The molecule has 116 valence electrons. The summed E-state index contributed by atoms with van der Waals surface area (Å²) in [5.41, 5.74) is 6.62. The lowest BCUT2D eigenvalue weighted by molar-refractivity contribution is 0.0937. The molecule has 0 aromatic heterocycles. The van der Waals surface area contributed by atoms with Crippen LogP contribution in [0.1, 0.15) is 48.0 Å². The maximum absolute atomic E-state index is 6.62. The topological polar surface area (TPSA) is 44.5 Å². The van der Waals surface area contributed by atoms with Crippen LogP contribution in [0.25, 0.3) is 0 Å². The summed E-state index contributed by atoms with van der Waals surface area (Å²) in [6, 6.07) is 1.00. The first kappa shape index (κ1) is 19.3. The molecule has 0 aromatic carbocycles. The zero-order valence-electron chi connectivity index (χ0n) is 14.5. The van der Waals surface area contributed by atoms with Gasteiger partial charge < -0.3 is 14.6 Å². The van der Waals surface area contributed by atoms with Gasteiger partial charge in [-0.05, 0) is 31.5 Å². The van der Waals surface area contributed by atoms with Gasteiger partial charge in [0.25, 0.3) is 0 Å². The molecule has 19 heavy (non-hydrogen) atoms. The van der Waals surface area contributed by atoms with Crippen molar-refractivity contribution in [3.8, 4) is 0 Å². The van der Waals surface area contributed by atoms with E-state index in [9.17, 15) is 0 Å². The minimum Gasteiger partial charge on any atom is -0.395 e. The Kier molecular flexibility index (Phi) is 6.49. The van der Waals surface area contributed by atoms with Crippen molar-refractivity contribution in [1.82, 2.24) is 0 Å². The number of hydrogen-bond donors (Lipinski definition) is 1. The molecule has 0 aliphatic rings. The Morgan fingerprint density at radius 2 is 1.47 bits per heavy atom. The Morgan fingerprint density at radius 1 is 1.00 bits per heavy atom. The summed E-state index contributed by atoms with van der Waals surface area (Å²) in [5, 5.41) is -0.360. The van der Waals surface area contributed by atoms with E-state index < -0.39 is 22.0 Å². The quantitative estimate of drug-likeness (QED) is 0.565. The van der Waals surface area contributed by atoms with E-state index in [2.05, 4.69) is 54.3 Å². The maximum atomic E-state index is 6.62. The molecule has 2 atom stereocenters. The molecule has 2 N–H and O–H groups in total. The molecule has 0 aliphatic carbocycles. The summed E-state index contributed by atoms with van der Waals surface area (Å²) in [6.45, 7) is 20.6. The van der Waals surface area contributed by atoms with Crippen LogP contribution in [0.5, 0.6) is 0 Å². The molecule has 0 radical (unpaired) electrons. The molecule has 0 aliphatic heterocycles. The Bertz CT molecular complexity index is 280. The van der Waals surface area contributed by atoms with Gasteiger partial charge in [0.1, 0.15) is 8.07 Å². The summed E-state index contributed by atoms with van der Waals surface area (Å²) < 4.78 is 12.4. The fourth-order valence-electron chi connectivity index (χ4n) is 2.23. The van der Waals surface area contributed by atoms with Gasteiger partial charge in [-0.15, -0.1) is 0 Å². The van der Waals surface area contributed by atoms with Gasteiger partial charge in [0.2, 0.25) is 0 Å². The predicted molar refractivity (Wildman–Crippen MR) is 89.2 cm³/mol. The first-order valence-corrected chi connectivity index (χ1v) is 13.0. The van der Waals surface area contributed by atoms with Crippen LogP contribution in [0.3, 0.4) is 0 Å². The Hall–Kier alpha value is 0.314.